The number of para-hydroxylation sites is 1. The molecule has 0 spiro atoms. The maximum atomic E-state index is 6.31. The molecule has 0 radical (unpaired) electrons. The standard InChI is InChI=1S/C18H22N2/c1-14-13-16-9-5-6-10-18(16)20(14)12-11-17(19)15-7-3-2-4-8-15/h2-10,14,17H,11-13,19H2,1H3. The molecule has 0 aromatic heterocycles. The van der Waals surface area contributed by atoms with E-state index in [1.165, 1.54) is 16.8 Å². The first kappa shape index (κ1) is 13.2. The van der Waals surface area contributed by atoms with Gasteiger partial charge in [0.1, 0.15) is 0 Å². The maximum absolute atomic E-state index is 6.31. The van der Waals surface area contributed by atoms with Gasteiger partial charge < -0.3 is 10.6 Å². The molecule has 0 saturated heterocycles. The zero-order chi connectivity index (χ0) is 13.9. The van der Waals surface area contributed by atoms with Crippen LogP contribution in [0.3, 0.4) is 0 Å². The van der Waals surface area contributed by atoms with E-state index in [1.54, 1.807) is 0 Å². The van der Waals surface area contributed by atoms with E-state index >= 15 is 0 Å². The summed E-state index contributed by atoms with van der Waals surface area (Å²) in [7, 11) is 0. The number of nitrogens with two attached hydrogens (primary N) is 1. The summed E-state index contributed by atoms with van der Waals surface area (Å²) < 4.78 is 0. The molecule has 2 nitrogen and oxygen atoms in total. The van der Waals surface area contributed by atoms with E-state index in [0.29, 0.717) is 6.04 Å². The molecule has 104 valence electrons. The van der Waals surface area contributed by atoms with Crippen LogP contribution < -0.4 is 10.6 Å². The van der Waals surface area contributed by atoms with Crippen molar-refractivity contribution in [3.63, 3.8) is 0 Å². The predicted molar refractivity (Wildman–Crippen MR) is 84.9 cm³/mol. The zero-order valence-corrected chi connectivity index (χ0v) is 12.0. The quantitative estimate of drug-likeness (QED) is 0.917. The Morgan fingerprint density at radius 2 is 1.80 bits per heavy atom. The minimum absolute atomic E-state index is 0.121. The number of rotatable bonds is 4. The van der Waals surface area contributed by atoms with E-state index in [4.69, 9.17) is 5.73 Å². The van der Waals surface area contributed by atoms with Crippen molar-refractivity contribution in [1.29, 1.82) is 0 Å². The number of benzene rings is 2. The monoisotopic (exact) mass is 266 g/mol. The van der Waals surface area contributed by atoms with Crippen molar-refractivity contribution in [3.05, 3.63) is 65.7 Å². The second kappa shape index (κ2) is 5.68. The topological polar surface area (TPSA) is 29.3 Å². The van der Waals surface area contributed by atoms with Crippen LogP contribution in [-0.4, -0.2) is 12.6 Å². The van der Waals surface area contributed by atoms with Gasteiger partial charge in [-0.25, -0.2) is 0 Å². The average molecular weight is 266 g/mol. The summed E-state index contributed by atoms with van der Waals surface area (Å²) in [6, 6.07) is 19.8. The Kier molecular flexibility index (Phi) is 3.75. The van der Waals surface area contributed by atoms with Crippen LogP contribution in [0.25, 0.3) is 0 Å². The van der Waals surface area contributed by atoms with Crippen molar-refractivity contribution in [2.75, 3.05) is 11.4 Å². The molecule has 1 heterocycles. The van der Waals surface area contributed by atoms with Crippen LogP contribution in [0.1, 0.15) is 30.5 Å². The third kappa shape index (κ3) is 2.56. The Hall–Kier alpha value is -1.80. The first-order chi connectivity index (χ1) is 9.75. The summed E-state index contributed by atoms with van der Waals surface area (Å²) in [4.78, 5) is 2.50. The first-order valence-electron chi connectivity index (χ1n) is 7.41. The van der Waals surface area contributed by atoms with Gasteiger partial charge in [-0.3, -0.25) is 0 Å². The van der Waals surface area contributed by atoms with E-state index in [9.17, 15) is 0 Å². The van der Waals surface area contributed by atoms with Gasteiger partial charge >= 0.3 is 0 Å². The van der Waals surface area contributed by atoms with E-state index in [2.05, 4.69) is 60.4 Å². The van der Waals surface area contributed by atoms with Crippen LogP contribution >= 0.6 is 0 Å². The second-order valence-corrected chi connectivity index (χ2v) is 5.68. The maximum Gasteiger partial charge on any atom is 0.0402 e. The lowest BCUT2D eigenvalue weighted by molar-refractivity contribution is 0.592. The number of hydrogen-bond acceptors (Lipinski definition) is 2. The molecule has 0 aliphatic carbocycles. The highest BCUT2D eigenvalue weighted by Gasteiger charge is 2.25. The zero-order valence-electron chi connectivity index (χ0n) is 12.0. The molecule has 2 atom stereocenters. The van der Waals surface area contributed by atoms with E-state index in [0.717, 1.165) is 19.4 Å². The van der Waals surface area contributed by atoms with Gasteiger partial charge in [-0.05, 0) is 37.0 Å². The second-order valence-electron chi connectivity index (χ2n) is 5.68. The Balaban J connectivity index is 1.67. The number of anilines is 1. The van der Waals surface area contributed by atoms with Crippen molar-refractivity contribution in [2.24, 2.45) is 5.73 Å². The molecule has 1 aliphatic heterocycles. The lowest BCUT2D eigenvalue weighted by atomic mass is 10.0. The summed E-state index contributed by atoms with van der Waals surface area (Å²) in [6.07, 6.45) is 2.14. The SMILES string of the molecule is CC1Cc2ccccc2N1CCC(N)c1ccccc1. The molecule has 1 aliphatic rings. The molecule has 0 amide bonds. The lowest BCUT2D eigenvalue weighted by Crippen LogP contribution is -2.32. The van der Waals surface area contributed by atoms with E-state index in [-0.39, 0.29) is 6.04 Å². The summed E-state index contributed by atoms with van der Waals surface area (Å²) >= 11 is 0. The molecule has 2 unspecified atom stereocenters. The Labute approximate surface area is 121 Å². The van der Waals surface area contributed by atoms with Crippen molar-refractivity contribution in [3.8, 4) is 0 Å². The predicted octanol–water partition coefficient (Wildman–Crippen LogP) is 3.53. The Morgan fingerprint density at radius 1 is 1.10 bits per heavy atom. The van der Waals surface area contributed by atoms with Crippen LogP contribution in [0.15, 0.2) is 54.6 Å². The molecule has 2 heteroatoms. The molecule has 0 bridgehead atoms. The largest absolute Gasteiger partial charge is 0.368 e. The molecule has 2 aromatic carbocycles. The molecular formula is C18H22N2. The van der Waals surface area contributed by atoms with Gasteiger partial charge in [0.25, 0.3) is 0 Å². The summed E-state index contributed by atoms with van der Waals surface area (Å²) in [5.74, 6) is 0. The normalized spacial score (nSPS) is 18.9. The molecule has 20 heavy (non-hydrogen) atoms. The average Bonchev–Trinajstić information content (AvgIpc) is 2.81. The fraction of sp³-hybridized carbons (Fsp3) is 0.333. The highest BCUT2D eigenvalue weighted by molar-refractivity contribution is 5.59. The number of hydrogen-bond donors (Lipinski definition) is 1. The van der Waals surface area contributed by atoms with Crippen molar-refractivity contribution < 1.29 is 0 Å². The number of fused-ring (bicyclic) bond motifs is 1. The first-order valence-corrected chi connectivity index (χ1v) is 7.41. The van der Waals surface area contributed by atoms with Gasteiger partial charge in [-0.1, -0.05) is 48.5 Å². The fourth-order valence-corrected chi connectivity index (χ4v) is 3.12. The number of nitrogens with zero attached hydrogens (tertiary/aromatic N) is 1. The summed E-state index contributed by atoms with van der Waals surface area (Å²) in [5, 5.41) is 0. The van der Waals surface area contributed by atoms with Crippen molar-refractivity contribution in [1.82, 2.24) is 0 Å². The molecule has 2 aromatic rings. The minimum Gasteiger partial charge on any atom is -0.368 e. The molecule has 0 fully saturated rings. The molecular weight excluding hydrogens is 244 g/mol. The Morgan fingerprint density at radius 3 is 2.60 bits per heavy atom. The van der Waals surface area contributed by atoms with Gasteiger partial charge in [0, 0.05) is 24.3 Å². The van der Waals surface area contributed by atoms with Crippen LogP contribution in [0, 0.1) is 0 Å². The van der Waals surface area contributed by atoms with E-state index in [1.807, 2.05) is 6.07 Å². The van der Waals surface area contributed by atoms with Gasteiger partial charge in [0.15, 0.2) is 0 Å². The van der Waals surface area contributed by atoms with E-state index < -0.39 is 0 Å². The van der Waals surface area contributed by atoms with Crippen LogP contribution in [0.4, 0.5) is 5.69 Å². The van der Waals surface area contributed by atoms with Crippen molar-refractivity contribution in [2.45, 2.75) is 31.8 Å². The van der Waals surface area contributed by atoms with Gasteiger partial charge in [-0.2, -0.15) is 0 Å². The molecule has 0 saturated carbocycles. The minimum atomic E-state index is 0.121. The van der Waals surface area contributed by atoms with Crippen LogP contribution in [-0.2, 0) is 6.42 Å². The Bertz CT molecular complexity index is 565. The van der Waals surface area contributed by atoms with Crippen LogP contribution in [0.2, 0.25) is 0 Å². The highest BCUT2D eigenvalue weighted by Crippen LogP contribution is 2.32. The summed E-state index contributed by atoms with van der Waals surface area (Å²) in [5.41, 5.74) is 10.4. The van der Waals surface area contributed by atoms with Gasteiger partial charge in [-0.15, -0.1) is 0 Å². The smallest absolute Gasteiger partial charge is 0.0402 e. The highest BCUT2D eigenvalue weighted by atomic mass is 15.2. The van der Waals surface area contributed by atoms with Crippen molar-refractivity contribution >= 4 is 5.69 Å². The molecule has 3 rings (SSSR count). The molecule has 2 N–H and O–H groups in total. The summed E-state index contributed by atoms with van der Waals surface area (Å²) in [6.45, 7) is 3.32. The van der Waals surface area contributed by atoms with Crippen LogP contribution in [0.5, 0.6) is 0 Å². The third-order valence-corrected chi connectivity index (χ3v) is 4.26. The lowest BCUT2D eigenvalue weighted by Gasteiger charge is -2.26. The third-order valence-electron chi connectivity index (χ3n) is 4.26. The fourth-order valence-electron chi connectivity index (χ4n) is 3.12. The van der Waals surface area contributed by atoms with Gasteiger partial charge in [0.2, 0.25) is 0 Å². The van der Waals surface area contributed by atoms with Gasteiger partial charge in [0.05, 0.1) is 0 Å².